The van der Waals surface area contributed by atoms with Crippen LogP contribution in [0.4, 0.5) is 11.5 Å². The number of anilines is 1. The zero-order valence-corrected chi connectivity index (χ0v) is 14.0. The van der Waals surface area contributed by atoms with E-state index in [-0.39, 0.29) is 16.0 Å². The Bertz CT molecular complexity index is 682. The number of nitrogens with zero attached hydrogens (tertiary/aromatic N) is 3. The van der Waals surface area contributed by atoms with Gasteiger partial charge in [0.15, 0.2) is 5.75 Å². The maximum atomic E-state index is 10.9. The molecule has 7 nitrogen and oxygen atoms in total. The van der Waals surface area contributed by atoms with Gasteiger partial charge in [0, 0.05) is 12.6 Å². The average Bonchev–Trinajstić information content (AvgIpc) is 2.45. The summed E-state index contributed by atoms with van der Waals surface area (Å²) in [5.74, 6) is 1.15. The lowest BCUT2D eigenvalue weighted by molar-refractivity contribution is -0.385. The highest BCUT2D eigenvalue weighted by atomic mass is 79.9. The topological polar surface area (TPSA) is 90.2 Å². The number of nitro benzene ring substituents is 1. The van der Waals surface area contributed by atoms with Gasteiger partial charge in [-0.05, 0) is 44.8 Å². The molecule has 1 aromatic carbocycles. The van der Waals surface area contributed by atoms with Gasteiger partial charge in [-0.25, -0.2) is 9.97 Å². The van der Waals surface area contributed by atoms with Crippen molar-refractivity contribution in [3.8, 4) is 11.6 Å². The number of halogens is 2. The number of nitrogens with one attached hydrogen (secondary N) is 1. The van der Waals surface area contributed by atoms with Gasteiger partial charge in [-0.1, -0.05) is 6.07 Å². The summed E-state index contributed by atoms with van der Waals surface area (Å²) in [5.41, 5.74) is -0.0791. The molecule has 0 saturated heterocycles. The average molecular weight is 418 g/mol. The van der Waals surface area contributed by atoms with Crippen LogP contribution in [0.15, 0.2) is 33.5 Å². The molecular weight excluding hydrogens is 408 g/mol. The number of ether oxygens (including phenoxy) is 1. The van der Waals surface area contributed by atoms with Gasteiger partial charge in [0.05, 0.1) is 4.92 Å². The highest BCUT2D eigenvalue weighted by Crippen LogP contribution is 2.38. The lowest BCUT2D eigenvalue weighted by Crippen LogP contribution is -2.02. The van der Waals surface area contributed by atoms with Crippen LogP contribution in [0.1, 0.15) is 6.92 Å². The van der Waals surface area contributed by atoms with Gasteiger partial charge in [0.25, 0.3) is 5.69 Å². The highest BCUT2D eigenvalue weighted by Gasteiger charge is 2.18. The smallest absolute Gasteiger partial charge is 0.287 e. The zero-order chi connectivity index (χ0) is 15.4. The van der Waals surface area contributed by atoms with Crippen molar-refractivity contribution in [2.24, 2.45) is 0 Å². The normalized spacial score (nSPS) is 10.2. The lowest BCUT2D eigenvalue weighted by Gasteiger charge is -2.10. The summed E-state index contributed by atoms with van der Waals surface area (Å²) in [7, 11) is 0. The maximum absolute atomic E-state index is 10.9. The molecule has 0 bridgehead atoms. The van der Waals surface area contributed by atoms with Crippen LogP contribution in [0.5, 0.6) is 11.6 Å². The fourth-order valence-electron chi connectivity index (χ4n) is 1.54. The first-order valence-electron chi connectivity index (χ1n) is 5.89. The molecule has 2 aromatic rings. The Hall–Kier alpha value is -1.74. The Balaban J connectivity index is 2.37. The third kappa shape index (κ3) is 3.48. The molecule has 0 amide bonds. The molecule has 0 fully saturated rings. The van der Waals surface area contributed by atoms with E-state index in [0.717, 1.165) is 0 Å². The van der Waals surface area contributed by atoms with Crippen molar-refractivity contribution in [3.63, 3.8) is 0 Å². The van der Waals surface area contributed by atoms with Crippen LogP contribution >= 0.6 is 31.9 Å². The SMILES string of the molecule is CCNc1ncnc(Oc2cccc([N+](=O)[O-])c2Br)c1Br. The Morgan fingerprint density at radius 2 is 2.10 bits per heavy atom. The largest absolute Gasteiger partial charge is 0.436 e. The number of aromatic nitrogens is 2. The number of nitro groups is 1. The van der Waals surface area contributed by atoms with Crippen LogP contribution in [0.2, 0.25) is 0 Å². The molecule has 0 spiro atoms. The van der Waals surface area contributed by atoms with E-state index >= 15 is 0 Å². The van der Waals surface area contributed by atoms with E-state index in [1.807, 2.05) is 6.92 Å². The first-order valence-corrected chi connectivity index (χ1v) is 7.48. The van der Waals surface area contributed by atoms with Gasteiger partial charge in [-0.2, -0.15) is 0 Å². The van der Waals surface area contributed by atoms with Crippen molar-refractivity contribution in [1.82, 2.24) is 9.97 Å². The van der Waals surface area contributed by atoms with E-state index in [0.29, 0.717) is 22.6 Å². The predicted molar refractivity (Wildman–Crippen MR) is 84.8 cm³/mol. The Kier molecular flexibility index (Phi) is 5.07. The van der Waals surface area contributed by atoms with Crippen LogP contribution in [-0.2, 0) is 0 Å². The Morgan fingerprint density at radius 1 is 1.33 bits per heavy atom. The molecule has 21 heavy (non-hydrogen) atoms. The third-order valence-corrected chi connectivity index (χ3v) is 3.96. The van der Waals surface area contributed by atoms with Gasteiger partial charge < -0.3 is 10.1 Å². The van der Waals surface area contributed by atoms with E-state index in [1.165, 1.54) is 12.4 Å². The third-order valence-electron chi connectivity index (χ3n) is 2.45. The molecule has 9 heteroatoms. The Morgan fingerprint density at radius 3 is 2.76 bits per heavy atom. The summed E-state index contributed by atoms with van der Waals surface area (Å²) in [6.07, 6.45) is 1.35. The van der Waals surface area contributed by atoms with Crippen LogP contribution in [0.25, 0.3) is 0 Å². The Labute approximate surface area is 137 Å². The van der Waals surface area contributed by atoms with Gasteiger partial charge >= 0.3 is 0 Å². The van der Waals surface area contributed by atoms with Crippen molar-refractivity contribution in [2.45, 2.75) is 6.92 Å². The van der Waals surface area contributed by atoms with E-state index < -0.39 is 4.92 Å². The second kappa shape index (κ2) is 6.81. The molecule has 1 aromatic heterocycles. The molecule has 2 rings (SSSR count). The van der Waals surface area contributed by atoms with Crippen LogP contribution in [0.3, 0.4) is 0 Å². The number of rotatable bonds is 5. The van der Waals surface area contributed by atoms with E-state index in [2.05, 4.69) is 47.1 Å². The number of benzene rings is 1. The number of hydrogen-bond donors (Lipinski definition) is 1. The van der Waals surface area contributed by atoms with E-state index in [1.54, 1.807) is 12.1 Å². The molecule has 0 radical (unpaired) electrons. The monoisotopic (exact) mass is 416 g/mol. The molecule has 0 atom stereocenters. The van der Waals surface area contributed by atoms with Gasteiger partial charge in [-0.3, -0.25) is 10.1 Å². The summed E-state index contributed by atoms with van der Waals surface area (Å²) in [5, 5.41) is 14.0. The molecule has 0 unspecified atom stereocenters. The molecule has 0 aliphatic carbocycles. The minimum Gasteiger partial charge on any atom is -0.436 e. The van der Waals surface area contributed by atoms with E-state index in [4.69, 9.17) is 4.74 Å². The quantitative estimate of drug-likeness (QED) is 0.580. The first kappa shape index (κ1) is 15.6. The maximum Gasteiger partial charge on any atom is 0.287 e. The van der Waals surface area contributed by atoms with Crippen LogP contribution in [0, 0.1) is 10.1 Å². The van der Waals surface area contributed by atoms with Gasteiger partial charge in [0.2, 0.25) is 5.88 Å². The van der Waals surface area contributed by atoms with Crippen molar-refractivity contribution in [3.05, 3.63) is 43.6 Å². The van der Waals surface area contributed by atoms with E-state index in [9.17, 15) is 10.1 Å². The molecule has 110 valence electrons. The fourth-order valence-corrected chi connectivity index (χ4v) is 2.45. The molecule has 1 N–H and O–H groups in total. The minimum atomic E-state index is -0.490. The summed E-state index contributed by atoms with van der Waals surface area (Å²) in [6, 6.07) is 4.53. The van der Waals surface area contributed by atoms with Crippen molar-refractivity contribution in [2.75, 3.05) is 11.9 Å². The minimum absolute atomic E-state index is 0.0791. The fraction of sp³-hybridized carbons (Fsp3) is 0.167. The second-order valence-electron chi connectivity index (χ2n) is 3.82. The van der Waals surface area contributed by atoms with Crippen molar-refractivity contribution >= 4 is 43.4 Å². The predicted octanol–water partition coefficient (Wildman–Crippen LogP) is 4.13. The molecule has 1 heterocycles. The molecule has 0 aliphatic heterocycles. The van der Waals surface area contributed by atoms with Gasteiger partial charge in [0.1, 0.15) is 21.1 Å². The van der Waals surface area contributed by atoms with Crippen LogP contribution < -0.4 is 10.1 Å². The van der Waals surface area contributed by atoms with Crippen molar-refractivity contribution in [1.29, 1.82) is 0 Å². The second-order valence-corrected chi connectivity index (χ2v) is 5.41. The number of hydrogen-bond acceptors (Lipinski definition) is 6. The summed E-state index contributed by atoms with van der Waals surface area (Å²) in [4.78, 5) is 18.5. The highest BCUT2D eigenvalue weighted by molar-refractivity contribution is 9.11. The standard InChI is InChI=1S/C12H10Br2N4O3/c1-2-15-11-10(14)12(17-6-16-11)21-8-5-3-4-7(9(8)13)18(19)20/h3-6H,2H2,1H3,(H,15,16,17). The van der Waals surface area contributed by atoms with Crippen LogP contribution in [-0.4, -0.2) is 21.4 Å². The lowest BCUT2D eigenvalue weighted by atomic mass is 10.3. The summed E-state index contributed by atoms with van der Waals surface area (Å²) < 4.78 is 6.43. The van der Waals surface area contributed by atoms with Crippen molar-refractivity contribution < 1.29 is 9.66 Å². The zero-order valence-electron chi connectivity index (χ0n) is 10.8. The summed E-state index contributed by atoms with van der Waals surface area (Å²) in [6.45, 7) is 2.63. The van der Waals surface area contributed by atoms with Gasteiger partial charge in [-0.15, -0.1) is 0 Å². The molecule has 0 saturated carbocycles. The summed E-state index contributed by atoms with van der Waals surface area (Å²) >= 11 is 6.52. The first-order chi connectivity index (χ1) is 10.0. The molecule has 0 aliphatic rings. The molecular formula is C12H10Br2N4O3.